The molecule has 0 spiro atoms. The summed E-state index contributed by atoms with van der Waals surface area (Å²) in [4.78, 5) is 12.8. The summed E-state index contributed by atoms with van der Waals surface area (Å²) in [5.41, 5.74) is 0. The minimum atomic E-state index is -1.53. The van der Waals surface area contributed by atoms with E-state index >= 15 is 0 Å². The number of unbranched alkanes of at least 4 members (excludes halogenated alkanes) is 30. The molecule has 6 atom stereocenters. The lowest BCUT2D eigenvalue weighted by Crippen LogP contribution is -2.59. The summed E-state index contributed by atoms with van der Waals surface area (Å²) in [6.07, 6.45) is 39.6. The number of ether oxygens (including phenoxy) is 4. The van der Waals surface area contributed by atoms with Crippen molar-refractivity contribution < 1.29 is 44.2 Å². The van der Waals surface area contributed by atoms with Crippen LogP contribution >= 0.6 is 0 Å². The van der Waals surface area contributed by atoms with Gasteiger partial charge in [-0.15, -0.1) is 0 Å². The van der Waals surface area contributed by atoms with Crippen LogP contribution in [-0.4, -0.2) is 89.6 Å². The highest BCUT2D eigenvalue weighted by Gasteiger charge is 2.44. The quantitative estimate of drug-likeness (QED) is 0.0269. The topological polar surface area (TPSA) is 135 Å². The molecule has 1 rings (SSSR count). The molecule has 9 heteroatoms. The molecule has 58 heavy (non-hydrogen) atoms. The van der Waals surface area contributed by atoms with Gasteiger partial charge in [-0.25, -0.2) is 0 Å². The molecule has 0 saturated carbocycles. The van der Waals surface area contributed by atoms with Crippen molar-refractivity contribution in [2.45, 2.75) is 269 Å². The molecule has 1 heterocycles. The van der Waals surface area contributed by atoms with E-state index in [9.17, 15) is 25.2 Å². The Morgan fingerprint density at radius 1 is 0.534 bits per heavy atom. The van der Waals surface area contributed by atoms with E-state index in [0.717, 1.165) is 32.1 Å². The van der Waals surface area contributed by atoms with E-state index in [1.54, 1.807) is 0 Å². The number of carbonyl (C=O) groups excluding carboxylic acids is 1. The van der Waals surface area contributed by atoms with E-state index in [1.807, 2.05) is 0 Å². The van der Waals surface area contributed by atoms with Gasteiger partial charge in [0, 0.05) is 13.0 Å². The lowest BCUT2D eigenvalue weighted by molar-refractivity contribution is -0.305. The van der Waals surface area contributed by atoms with Crippen LogP contribution < -0.4 is 0 Å². The fourth-order valence-electron chi connectivity index (χ4n) is 7.78. The molecule has 0 aromatic heterocycles. The summed E-state index contributed by atoms with van der Waals surface area (Å²) < 4.78 is 22.8. The number of hydrogen-bond acceptors (Lipinski definition) is 9. The second-order valence-corrected chi connectivity index (χ2v) is 17.3. The first kappa shape index (κ1) is 54.9. The van der Waals surface area contributed by atoms with Gasteiger partial charge >= 0.3 is 5.97 Å². The fraction of sp³-hybridized carbons (Fsp3) is 0.939. The van der Waals surface area contributed by atoms with Crippen molar-refractivity contribution in [3.63, 3.8) is 0 Å². The highest BCUT2D eigenvalue weighted by Crippen LogP contribution is 2.23. The molecule has 0 amide bonds. The largest absolute Gasteiger partial charge is 0.457 e. The molecule has 0 aromatic carbocycles. The van der Waals surface area contributed by atoms with Gasteiger partial charge in [-0.1, -0.05) is 199 Å². The van der Waals surface area contributed by atoms with Gasteiger partial charge in [-0.05, 0) is 38.5 Å². The Hall–Kier alpha value is -1.07. The van der Waals surface area contributed by atoms with E-state index < -0.39 is 43.4 Å². The molecule has 9 nitrogen and oxygen atoms in total. The molecule has 0 radical (unpaired) electrons. The minimum Gasteiger partial charge on any atom is -0.457 e. The summed E-state index contributed by atoms with van der Waals surface area (Å²) in [5, 5.41) is 40.2. The van der Waals surface area contributed by atoms with Gasteiger partial charge in [0.2, 0.25) is 0 Å². The number of aliphatic hydroxyl groups is 4. The SMILES string of the molecule is CCCCC/C=C\CCCCCCCCOCC(COC1OC(CO)C(O)C(O)C1O)OC(=O)CCCCCCCCCCCCCCCCCCCCCCCC. The number of allylic oxidation sites excluding steroid dienone is 2. The van der Waals surface area contributed by atoms with Crippen molar-refractivity contribution in [2.24, 2.45) is 0 Å². The van der Waals surface area contributed by atoms with Gasteiger partial charge in [0.05, 0.1) is 19.8 Å². The summed E-state index contributed by atoms with van der Waals surface area (Å²) in [6.45, 7) is 4.57. The molecule has 344 valence electrons. The molecule has 0 aromatic rings. The van der Waals surface area contributed by atoms with Gasteiger partial charge in [0.1, 0.15) is 30.5 Å². The lowest BCUT2D eigenvalue weighted by Gasteiger charge is -2.39. The Morgan fingerprint density at radius 3 is 1.43 bits per heavy atom. The fourth-order valence-corrected chi connectivity index (χ4v) is 7.78. The number of rotatable bonds is 43. The Balaban J connectivity index is 2.18. The van der Waals surface area contributed by atoms with Crippen molar-refractivity contribution in [1.82, 2.24) is 0 Å². The Labute approximate surface area is 356 Å². The van der Waals surface area contributed by atoms with Crippen LogP contribution in [0.4, 0.5) is 0 Å². The van der Waals surface area contributed by atoms with Crippen molar-refractivity contribution >= 4 is 5.97 Å². The smallest absolute Gasteiger partial charge is 0.306 e. The number of carbonyl (C=O) groups is 1. The molecule has 1 saturated heterocycles. The maximum absolute atomic E-state index is 12.8. The molecule has 4 N–H and O–H groups in total. The first-order valence-electron chi connectivity index (χ1n) is 24.8. The van der Waals surface area contributed by atoms with Crippen molar-refractivity contribution in [1.29, 1.82) is 0 Å². The maximum atomic E-state index is 12.8. The normalized spacial score (nSPS) is 20.3. The molecule has 1 aliphatic rings. The Morgan fingerprint density at radius 2 is 0.948 bits per heavy atom. The predicted octanol–water partition coefficient (Wildman–Crippen LogP) is 11.6. The number of aliphatic hydroxyl groups excluding tert-OH is 4. The molecule has 1 fully saturated rings. The lowest BCUT2D eigenvalue weighted by atomic mass is 9.99. The maximum Gasteiger partial charge on any atom is 0.306 e. The zero-order valence-electron chi connectivity index (χ0n) is 37.8. The summed E-state index contributed by atoms with van der Waals surface area (Å²) in [6, 6.07) is 0. The van der Waals surface area contributed by atoms with E-state index in [-0.39, 0.29) is 19.2 Å². The second kappa shape index (κ2) is 41.3. The van der Waals surface area contributed by atoms with Crippen LogP contribution in [0, 0.1) is 0 Å². The first-order valence-corrected chi connectivity index (χ1v) is 24.8. The van der Waals surface area contributed by atoms with Gasteiger partial charge in [-0.3, -0.25) is 4.79 Å². The zero-order valence-corrected chi connectivity index (χ0v) is 37.8. The number of esters is 1. The van der Waals surface area contributed by atoms with Crippen LogP contribution in [0.5, 0.6) is 0 Å². The predicted molar refractivity (Wildman–Crippen MR) is 238 cm³/mol. The van der Waals surface area contributed by atoms with E-state index in [4.69, 9.17) is 18.9 Å². The van der Waals surface area contributed by atoms with E-state index in [0.29, 0.717) is 13.0 Å². The molecule has 1 aliphatic heterocycles. The van der Waals surface area contributed by atoms with Crippen LogP contribution in [-0.2, 0) is 23.7 Å². The van der Waals surface area contributed by atoms with E-state index in [1.165, 1.54) is 180 Å². The van der Waals surface area contributed by atoms with Crippen molar-refractivity contribution in [2.75, 3.05) is 26.4 Å². The highest BCUT2D eigenvalue weighted by molar-refractivity contribution is 5.69. The van der Waals surface area contributed by atoms with Crippen molar-refractivity contribution in [3.8, 4) is 0 Å². The summed E-state index contributed by atoms with van der Waals surface area (Å²) >= 11 is 0. The molecule has 0 bridgehead atoms. The monoisotopic (exact) mass is 827 g/mol. The summed E-state index contributed by atoms with van der Waals surface area (Å²) in [7, 11) is 0. The van der Waals surface area contributed by atoms with Crippen LogP contribution in [0.3, 0.4) is 0 Å². The Bertz CT molecular complexity index is 899. The zero-order chi connectivity index (χ0) is 42.2. The molecule has 6 unspecified atom stereocenters. The third kappa shape index (κ3) is 31.8. The number of hydrogen-bond donors (Lipinski definition) is 4. The average molecular weight is 827 g/mol. The average Bonchev–Trinajstić information content (AvgIpc) is 3.22. The Kier molecular flexibility index (Phi) is 39.1. The molecule has 0 aliphatic carbocycles. The van der Waals surface area contributed by atoms with Gasteiger partial charge in [0.15, 0.2) is 6.29 Å². The highest BCUT2D eigenvalue weighted by atomic mass is 16.7. The van der Waals surface area contributed by atoms with Crippen molar-refractivity contribution in [3.05, 3.63) is 12.2 Å². The second-order valence-electron chi connectivity index (χ2n) is 17.3. The van der Waals surface area contributed by atoms with E-state index in [2.05, 4.69) is 26.0 Å². The van der Waals surface area contributed by atoms with Crippen LogP contribution in [0.25, 0.3) is 0 Å². The summed E-state index contributed by atoms with van der Waals surface area (Å²) in [5.74, 6) is -0.310. The van der Waals surface area contributed by atoms with Gasteiger partial charge in [-0.2, -0.15) is 0 Å². The van der Waals surface area contributed by atoms with Gasteiger partial charge in [0.25, 0.3) is 0 Å². The molecular weight excluding hydrogens is 733 g/mol. The standard InChI is InChI=1S/C49H94O9/c1-3-5-7-9-11-13-15-17-18-19-20-21-22-23-24-25-26-28-30-32-34-36-38-45(51)57-43(42-56-49-48(54)47(53)46(52)44(40-50)58-49)41-55-39-37-35-33-31-29-27-16-14-12-10-8-6-4-2/h12,14,43-44,46-50,52-54H,3-11,13,15-42H2,1-2H3/b14-12-. The molecular formula is C49H94O9. The van der Waals surface area contributed by atoms with Gasteiger partial charge < -0.3 is 39.4 Å². The van der Waals surface area contributed by atoms with Crippen LogP contribution in [0.1, 0.15) is 232 Å². The van der Waals surface area contributed by atoms with Crippen LogP contribution in [0.2, 0.25) is 0 Å². The third-order valence-corrected chi connectivity index (χ3v) is 11.7. The first-order chi connectivity index (χ1) is 28.4. The minimum absolute atomic E-state index is 0.110. The van der Waals surface area contributed by atoms with Crippen LogP contribution in [0.15, 0.2) is 12.2 Å². The third-order valence-electron chi connectivity index (χ3n) is 11.7.